The maximum atomic E-state index is 12.2. The zero-order valence-electron chi connectivity index (χ0n) is 14.9. The van der Waals surface area contributed by atoms with Crippen LogP contribution in [0, 0.1) is 0 Å². The molecule has 1 N–H and O–H groups in total. The molecule has 3 rings (SSSR count). The van der Waals surface area contributed by atoms with Crippen molar-refractivity contribution >= 4 is 17.2 Å². The Morgan fingerprint density at radius 3 is 2.52 bits per heavy atom. The summed E-state index contributed by atoms with van der Waals surface area (Å²) in [4.78, 5) is 17.1. The Morgan fingerprint density at radius 2 is 1.84 bits per heavy atom. The third-order valence-corrected chi connectivity index (χ3v) is 5.52. The van der Waals surface area contributed by atoms with E-state index in [9.17, 15) is 4.79 Å². The van der Waals surface area contributed by atoms with Crippen LogP contribution < -0.4 is 5.32 Å². The Bertz CT molecular complexity index is 636. The molecule has 4 nitrogen and oxygen atoms in total. The van der Waals surface area contributed by atoms with Gasteiger partial charge in [0.05, 0.1) is 6.04 Å². The maximum Gasteiger partial charge on any atom is 0.221 e. The first kappa shape index (κ1) is 18.1. The van der Waals surface area contributed by atoms with E-state index in [-0.39, 0.29) is 11.9 Å². The first-order valence-electron chi connectivity index (χ1n) is 9.01. The topological polar surface area (TPSA) is 35.6 Å². The van der Waals surface area contributed by atoms with E-state index in [0.29, 0.717) is 6.42 Å². The van der Waals surface area contributed by atoms with Gasteiger partial charge in [0.15, 0.2) is 0 Å². The molecular formula is C20H27N3OS. The van der Waals surface area contributed by atoms with Gasteiger partial charge >= 0.3 is 0 Å². The summed E-state index contributed by atoms with van der Waals surface area (Å²) < 4.78 is 0. The van der Waals surface area contributed by atoms with Gasteiger partial charge in [-0.25, -0.2) is 0 Å². The van der Waals surface area contributed by atoms with Crippen molar-refractivity contribution in [3.8, 4) is 0 Å². The number of nitrogens with zero attached hydrogens (tertiary/aromatic N) is 2. The molecule has 1 aliphatic rings. The van der Waals surface area contributed by atoms with Crippen LogP contribution in [0.3, 0.4) is 0 Å². The third kappa shape index (κ3) is 5.66. The zero-order valence-corrected chi connectivity index (χ0v) is 15.7. The van der Waals surface area contributed by atoms with E-state index in [1.165, 1.54) is 5.56 Å². The summed E-state index contributed by atoms with van der Waals surface area (Å²) in [6.45, 7) is 8.19. The van der Waals surface area contributed by atoms with E-state index in [2.05, 4.69) is 44.1 Å². The molecule has 1 aromatic heterocycles. The molecule has 0 spiro atoms. The second-order valence-electron chi connectivity index (χ2n) is 6.70. The van der Waals surface area contributed by atoms with Crippen molar-refractivity contribution in [2.75, 3.05) is 32.7 Å². The van der Waals surface area contributed by atoms with E-state index < -0.39 is 0 Å². The van der Waals surface area contributed by atoms with Crippen molar-refractivity contribution in [2.45, 2.75) is 25.9 Å². The number of nitrogens with one attached hydrogen (secondary N) is 1. The molecule has 0 aliphatic carbocycles. The van der Waals surface area contributed by atoms with Crippen LogP contribution in [0.5, 0.6) is 0 Å². The number of hydrogen-bond donors (Lipinski definition) is 1. The highest BCUT2D eigenvalue weighted by Gasteiger charge is 2.18. The first-order chi connectivity index (χ1) is 12.2. The van der Waals surface area contributed by atoms with E-state index in [1.807, 2.05) is 25.1 Å². The number of carbonyl (C=O) groups is 1. The van der Waals surface area contributed by atoms with E-state index in [4.69, 9.17) is 0 Å². The predicted molar refractivity (Wildman–Crippen MR) is 104 cm³/mol. The molecule has 1 fully saturated rings. The van der Waals surface area contributed by atoms with Crippen molar-refractivity contribution in [2.24, 2.45) is 0 Å². The fraction of sp³-hybridized carbons (Fsp3) is 0.450. The van der Waals surface area contributed by atoms with Crippen LogP contribution in [0.25, 0.3) is 0 Å². The molecule has 134 valence electrons. The average molecular weight is 358 g/mol. The molecule has 5 heteroatoms. The Morgan fingerprint density at radius 1 is 1.12 bits per heavy atom. The summed E-state index contributed by atoms with van der Waals surface area (Å²) in [5.41, 5.74) is 2.56. The highest BCUT2D eigenvalue weighted by molar-refractivity contribution is 7.07. The van der Waals surface area contributed by atoms with Crippen LogP contribution in [-0.2, 0) is 11.3 Å². The van der Waals surface area contributed by atoms with Gasteiger partial charge in [0, 0.05) is 45.7 Å². The number of amides is 1. The van der Waals surface area contributed by atoms with Gasteiger partial charge in [0.1, 0.15) is 0 Å². The lowest BCUT2D eigenvalue weighted by Crippen LogP contribution is -2.46. The van der Waals surface area contributed by atoms with Crippen LogP contribution in [-0.4, -0.2) is 48.4 Å². The molecule has 0 radical (unpaired) electrons. The Balaban J connectivity index is 1.34. The van der Waals surface area contributed by atoms with Crippen LogP contribution in [0.1, 0.15) is 30.5 Å². The molecule has 1 amide bonds. The van der Waals surface area contributed by atoms with Gasteiger partial charge in [-0.15, -0.1) is 0 Å². The molecule has 2 aromatic rings. The molecule has 2 heterocycles. The Labute approximate surface area is 154 Å². The predicted octanol–water partition coefficient (Wildman–Crippen LogP) is 3.13. The third-order valence-electron chi connectivity index (χ3n) is 4.78. The molecule has 1 atom stereocenters. The van der Waals surface area contributed by atoms with E-state index >= 15 is 0 Å². The number of thiophene rings is 1. The number of hydrogen-bond acceptors (Lipinski definition) is 4. The number of carbonyl (C=O) groups excluding carboxylic acids is 1. The summed E-state index contributed by atoms with van der Waals surface area (Å²) in [6.07, 6.45) is 0.571. The lowest BCUT2D eigenvalue weighted by Gasteiger charge is -2.34. The van der Waals surface area contributed by atoms with Crippen molar-refractivity contribution in [3.63, 3.8) is 0 Å². The van der Waals surface area contributed by atoms with Gasteiger partial charge in [0.25, 0.3) is 0 Å². The van der Waals surface area contributed by atoms with Crippen molar-refractivity contribution in [1.82, 2.24) is 15.1 Å². The summed E-state index contributed by atoms with van der Waals surface area (Å²) in [5.74, 6) is 0.136. The summed E-state index contributed by atoms with van der Waals surface area (Å²) in [5, 5.41) is 7.47. The van der Waals surface area contributed by atoms with Gasteiger partial charge in [-0.3, -0.25) is 9.69 Å². The normalized spacial score (nSPS) is 17.3. The Kier molecular flexibility index (Phi) is 6.62. The van der Waals surface area contributed by atoms with Crippen molar-refractivity contribution < 1.29 is 4.79 Å². The second kappa shape index (κ2) is 9.13. The summed E-state index contributed by atoms with van der Waals surface area (Å²) in [6, 6.07) is 12.4. The summed E-state index contributed by atoms with van der Waals surface area (Å²) >= 11 is 1.76. The highest BCUT2D eigenvalue weighted by Crippen LogP contribution is 2.13. The van der Waals surface area contributed by atoms with Gasteiger partial charge in [0.2, 0.25) is 5.91 Å². The molecule has 0 saturated carbocycles. The van der Waals surface area contributed by atoms with Crippen LogP contribution in [0.15, 0.2) is 47.2 Å². The molecule has 1 saturated heterocycles. The lowest BCUT2D eigenvalue weighted by molar-refractivity contribution is -0.122. The number of benzene rings is 1. The fourth-order valence-corrected chi connectivity index (χ4v) is 3.87. The number of rotatable bonds is 7. The molecule has 25 heavy (non-hydrogen) atoms. The standard InChI is InChI=1S/C20H27N3OS/c1-17(19-5-3-2-4-6-19)21-20(24)7-9-22-10-12-23(13-11-22)15-18-8-14-25-16-18/h2-6,8,14,16-17H,7,9-13,15H2,1H3,(H,21,24)/t17-/m0/s1. The van der Waals surface area contributed by atoms with Crippen molar-refractivity contribution in [1.29, 1.82) is 0 Å². The van der Waals surface area contributed by atoms with E-state index in [0.717, 1.165) is 44.8 Å². The monoisotopic (exact) mass is 357 g/mol. The molecule has 0 bridgehead atoms. The SMILES string of the molecule is C[C@H](NC(=O)CCN1CCN(Cc2ccsc2)CC1)c1ccccc1. The second-order valence-corrected chi connectivity index (χ2v) is 7.48. The van der Waals surface area contributed by atoms with Gasteiger partial charge in [-0.05, 0) is 34.9 Å². The lowest BCUT2D eigenvalue weighted by atomic mass is 10.1. The van der Waals surface area contributed by atoms with Gasteiger partial charge < -0.3 is 10.2 Å². The van der Waals surface area contributed by atoms with E-state index in [1.54, 1.807) is 11.3 Å². The van der Waals surface area contributed by atoms with Crippen LogP contribution in [0.4, 0.5) is 0 Å². The number of piperazine rings is 1. The molecular weight excluding hydrogens is 330 g/mol. The Hall–Kier alpha value is -1.69. The smallest absolute Gasteiger partial charge is 0.221 e. The fourth-order valence-electron chi connectivity index (χ4n) is 3.21. The first-order valence-corrected chi connectivity index (χ1v) is 9.95. The van der Waals surface area contributed by atoms with Gasteiger partial charge in [-0.1, -0.05) is 30.3 Å². The molecule has 0 unspecified atom stereocenters. The minimum atomic E-state index is 0.0659. The molecule has 1 aromatic carbocycles. The highest BCUT2D eigenvalue weighted by atomic mass is 32.1. The largest absolute Gasteiger partial charge is 0.350 e. The minimum Gasteiger partial charge on any atom is -0.350 e. The quantitative estimate of drug-likeness (QED) is 0.827. The average Bonchev–Trinajstić information content (AvgIpc) is 3.15. The molecule has 1 aliphatic heterocycles. The minimum absolute atomic E-state index is 0.0659. The van der Waals surface area contributed by atoms with Gasteiger partial charge in [-0.2, -0.15) is 11.3 Å². The summed E-state index contributed by atoms with van der Waals surface area (Å²) in [7, 11) is 0. The van der Waals surface area contributed by atoms with Crippen LogP contribution in [0.2, 0.25) is 0 Å². The van der Waals surface area contributed by atoms with Crippen LogP contribution >= 0.6 is 11.3 Å². The van der Waals surface area contributed by atoms with Crippen molar-refractivity contribution in [3.05, 3.63) is 58.3 Å². The zero-order chi connectivity index (χ0) is 17.5. The maximum absolute atomic E-state index is 12.2.